The highest BCUT2D eigenvalue weighted by Crippen LogP contribution is 2.32. The van der Waals surface area contributed by atoms with E-state index in [1.54, 1.807) is 0 Å². The topological polar surface area (TPSA) is 59.0 Å². The molecule has 0 radical (unpaired) electrons. The summed E-state index contributed by atoms with van der Waals surface area (Å²) in [5.41, 5.74) is 2.46. The van der Waals surface area contributed by atoms with Crippen molar-refractivity contribution in [3.8, 4) is 0 Å². The lowest BCUT2D eigenvalue weighted by Gasteiger charge is -2.42. The number of carbonyl (C=O) groups is 1. The SMILES string of the molecule is O=C(O)CC1COCCN1C1COCc2ccccc21. The van der Waals surface area contributed by atoms with Crippen LogP contribution < -0.4 is 0 Å². The smallest absolute Gasteiger partial charge is 0.305 e. The average Bonchev–Trinajstić information content (AvgIpc) is 2.47. The minimum absolute atomic E-state index is 0.0824. The molecule has 0 amide bonds. The van der Waals surface area contributed by atoms with Gasteiger partial charge in [-0.15, -0.1) is 0 Å². The van der Waals surface area contributed by atoms with Crippen molar-refractivity contribution in [3.63, 3.8) is 0 Å². The summed E-state index contributed by atoms with van der Waals surface area (Å²) in [4.78, 5) is 13.3. The van der Waals surface area contributed by atoms with Crippen molar-refractivity contribution < 1.29 is 19.4 Å². The molecule has 1 N–H and O–H groups in total. The molecule has 2 heterocycles. The Bertz CT molecular complexity index is 491. The normalized spacial score (nSPS) is 27.0. The van der Waals surface area contributed by atoms with Crippen LogP contribution in [0.4, 0.5) is 0 Å². The van der Waals surface area contributed by atoms with Gasteiger partial charge in [-0.05, 0) is 11.1 Å². The van der Waals surface area contributed by atoms with E-state index in [4.69, 9.17) is 14.6 Å². The van der Waals surface area contributed by atoms with Gasteiger partial charge in [-0.3, -0.25) is 9.69 Å². The highest BCUT2D eigenvalue weighted by molar-refractivity contribution is 5.67. The zero-order chi connectivity index (χ0) is 13.9. The number of hydrogen-bond donors (Lipinski definition) is 1. The minimum Gasteiger partial charge on any atom is -0.481 e. The summed E-state index contributed by atoms with van der Waals surface area (Å²) in [6.45, 7) is 3.13. The van der Waals surface area contributed by atoms with Crippen molar-refractivity contribution >= 4 is 5.97 Å². The zero-order valence-electron chi connectivity index (χ0n) is 11.3. The molecule has 1 aromatic carbocycles. The number of rotatable bonds is 3. The van der Waals surface area contributed by atoms with Gasteiger partial charge in [0.05, 0.1) is 38.9 Å². The van der Waals surface area contributed by atoms with Crippen LogP contribution in [0.1, 0.15) is 23.6 Å². The van der Waals surface area contributed by atoms with Gasteiger partial charge in [0.15, 0.2) is 0 Å². The van der Waals surface area contributed by atoms with Crippen LogP contribution in [0.5, 0.6) is 0 Å². The van der Waals surface area contributed by atoms with E-state index in [2.05, 4.69) is 17.0 Å². The van der Waals surface area contributed by atoms with Crippen LogP contribution in [0.25, 0.3) is 0 Å². The first-order chi connectivity index (χ1) is 9.75. The number of carboxylic acids is 1. The molecule has 20 heavy (non-hydrogen) atoms. The average molecular weight is 277 g/mol. The zero-order valence-corrected chi connectivity index (χ0v) is 11.3. The standard InChI is InChI=1S/C15H19NO4/c17-15(18)7-12-9-19-6-5-16(12)14-10-20-8-11-3-1-2-4-13(11)14/h1-4,12,14H,5-10H2,(H,17,18). The molecule has 0 aliphatic carbocycles. The molecular weight excluding hydrogens is 258 g/mol. The molecule has 1 fully saturated rings. The second-order valence-corrected chi connectivity index (χ2v) is 5.29. The van der Waals surface area contributed by atoms with E-state index in [-0.39, 0.29) is 18.5 Å². The fourth-order valence-electron chi connectivity index (χ4n) is 3.09. The highest BCUT2D eigenvalue weighted by Gasteiger charge is 2.34. The number of benzene rings is 1. The number of fused-ring (bicyclic) bond motifs is 1. The molecule has 2 aliphatic heterocycles. The van der Waals surface area contributed by atoms with Crippen LogP contribution in [0.2, 0.25) is 0 Å². The molecule has 0 spiro atoms. The number of nitrogens with zero attached hydrogens (tertiary/aromatic N) is 1. The van der Waals surface area contributed by atoms with Gasteiger partial charge >= 0.3 is 5.97 Å². The maximum absolute atomic E-state index is 11.0. The first-order valence-corrected chi connectivity index (χ1v) is 6.96. The van der Waals surface area contributed by atoms with E-state index < -0.39 is 5.97 Å². The maximum atomic E-state index is 11.0. The molecule has 0 bridgehead atoms. The van der Waals surface area contributed by atoms with Crippen molar-refractivity contribution in [2.24, 2.45) is 0 Å². The summed E-state index contributed by atoms with van der Waals surface area (Å²) in [7, 11) is 0. The van der Waals surface area contributed by atoms with Gasteiger partial charge < -0.3 is 14.6 Å². The second kappa shape index (κ2) is 5.91. The summed E-state index contributed by atoms with van der Waals surface area (Å²) in [5.74, 6) is -0.782. The van der Waals surface area contributed by atoms with Crippen LogP contribution >= 0.6 is 0 Å². The van der Waals surface area contributed by atoms with Crippen molar-refractivity contribution in [3.05, 3.63) is 35.4 Å². The monoisotopic (exact) mass is 277 g/mol. The molecule has 1 saturated heterocycles. The number of hydrogen-bond acceptors (Lipinski definition) is 4. The lowest BCUT2D eigenvalue weighted by Crippen LogP contribution is -2.50. The van der Waals surface area contributed by atoms with E-state index in [1.165, 1.54) is 11.1 Å². The lowest BCUT2D eigenvalue weighted by atomic mass is 9.95. The number of ether oxygens (including phenoxy) is 2. The molecule has 2 atom stereocenters. The van der Waals surface area contributed by atoms with Gasteiger partial charge in [0.2, 0.25) is 0 Å². The maximum Gasteiger partial charge on any atom is 0.305 e. The predicted octanol–water partition coefficient (Wildman–Crippen LogP) is 1.43. The number of carboxylic acid groups (broad SMARTS) is 1. The highest BCUT2D eigenvalue weighted by atomic mass is 16.5. The lowest BCUT2D eigenvalue weighted by molar-refractivity contribution is -0.141. The largest absolute Gasteiger partial charge is 0.481 e. The predicted molar refractivity (Wildman–Crippen MR) is 72.4 cm³/mol. The quantitative estimate of drug-likeness (QED) is 0.906. The van der Waals surface area contributed by atoms with Crippen molar-refractivity contribution in [1.82, 2.24) is 4.90 Å². The Kier molecular flexibility index (Phi) is 4.00. The Hall–Kier alpha value is -1.43. The molecule has 5 heteroatoms. The molecule has 2 aliphatic rings. The molecule has 0 aromatic heterocycles. The summed E-state index contributed by atoms with van der Waals surface area (Å²) in [6, 6.07) is 8.29. The fraction of sp³-hybridized carbons (Fsp3) is 0.533. The summed E-state index contributed by atoms with van der Waals surface area (Å²) in [6.07, 6.45) is 0.110. The van der Waals surface area contributed by atoms with Crippen LogP contribution in [-0.2, 0) is 20.9 Å². The number of aliphatic carboxylic acids is 1. The van der Waals surface area contributed by atoms with E-state index in [0.29, 0.717) is 26.4 Å². The van der Waals surface area contributed by atoms with Crippen LogP contribution in [0.3, 0.4) is 0 Å². The second-order valence-electron chi connectivity index (χ2n) is 5.29. The van der Waals surface area contributed by atoms with E-state index in [1.807, 2.05) is 12.1 Å². The van der Waals surface area contributed by atoms with Gasteiger partial charge in [-0.25, -0.2) is 0 Å². The van der Waals surface area contributed by atoms with E-state index >= 15 is 0 Å². The Morgan fingerprint density at radius 1 is 1.30 bits per heavy atom. The van der Waals surface area contributed by atoms with E-state index in [0.717, 1.165) is 6.54 Å². The molecular formula is C15H19NO4. The molecule has 2 unspecified atom stereocenters. The van der Waals surface area contributed by atoms with Crippen molar-refractivity contribution in [2.75, 3.05) is 26.4 Å². The molecule has 108 valence electrons. The molecule has 5 nitrogen and oxygen atoms in total. The number of morpholine rings is 1. The summed E-state index contributed by atoms with van der Waals surface area (Å²) >= 11 is 0. The minimum atomic E-state index is -0.782. The van der Waals surface area contributed by atoms with Gasteiger partial charge in [0.1, 0.15) is 0 Å². The first kappa shape index (κ1) is 13.5. The van der Waals surface area contributed by atoms with Crippen LogP contribution in [0.15, 0.2) is 24.3 Å². The fourth-order valence-corrected chi connectivity index (χ4v) is 3.09. The van der Waals surface area contributed by atoms with Crippen molar-refractivity contribution in [2.45, 2.75) is 25.1 Å². The molecule has 1 aromatic rings. The first-order valence-electron chi connectivity index (χ1n) is 6.96. The van der Waals surface area contributed by atoms with Crippen LogP contribution in [0, 0.1) is 0 Å². The third kappa shape index (κ3) is 2.70. The Balaban J connectivity index is 1.85. The van der Waals surface area contributed by atoms with Gasteiger partial charge in [0.25, 0.3) is 0 Å². The third-order valence-corrected chi connectivity index (χ3v) is 4.03. The molecule has 3 rings (SSSR count). The Morgan fingerprint density at radius 3 is 3.00 bits per heavy atom. The Labute approximate surface area is 118 Å². The molecule has 0 saturated carbocycles. The van der Waals surface area contributed by atoms with Crippen molar-refractivity contribution in [1.29, 1.82) is 0 Å². The Morgan fingerprint density at radius 2 is 2.15 bits per heavy atom. The van der Waals surface area contributed by atoms with E-state index in [9.17, 15) is 4.79 Å². The summed E-state index contributed by atoms with van der Waals surface area (Å²) in [5, 5.41) is 9.06. The van der Waals surface area contributed by atoms with Gasteiger partial charge in [0, 0.05) is 12.6 Å². The van der Waals surface area contributed by atoms with Gasteiger partial charge in [-0.2, -0.15) is 0 Å². The third-order valence-electron chi connectivity index (χ3n) is 4.03. The van der Waals surface area contributed by atoms with Gasteiger partial charge in [-0.1, -0.05) is 24.3 Å². The summed E-state index contributed by atoms with van der Waals surface area (Å²) < 4.78 is 11.1. The van der Waals surface area contributed by atoms with Crippen LogP contribution in [-0.4, -0.2) is 48.4 Å².